The van der Waals surface area contributed by atoms with Crippen molar-refractivity contribution in [3.63, 3.8) is 0 Å². The van der Waals surface area contributed by atoms with Gasteiger partial charge < -0.3 is 30.3 Å². The van der Waals surface area contributed by atoms with Gasteiger partial charge in [-0.05, 0) is 37.0 Å². The lowest BCUT2D eigenvalue weighted by Gasteiger charge is -2.36. The molecule has 4 rings (SSSR count). The molecular weight excluding hydrogens is 504 g/mol. The summed E-state index contributed by atoms with van der Waals surface area (Å²) in [5.74, 6) is -4.58. The normalized spacial score (nSPS) is 30.1. The Morgan fingerprint density at radius 3 is 2.36 bits per heavy atom. The van der Waals surface area contributed by atoms with Crippen LogP contribution in [0.3, 0.4) is 0 Å². The second-order valence-electron chi connectivity index (χ2n) is 10.3. The van der Waals surface area contributed by atoms with Crippen LogP contribution in [0.25, 0.3) is 0 Å². The number of cyclic esters (lactones) is 1. The Morgan fingerprint density at radius 1 is 1.05 bits per heavy atom. The number of carbonyl (C=O) groups excluding carboxylic acids is 4. The molecule has 39 heavy (non-hydrogen) atoms. The molecule has 4 N–H and O–H groups in total. The lowest BCUT2D eigenvalue weighted by atomic mass is 9.88. The Hall–Kier alpha value is -3.76. The van der Waals surface area contributed by atoms with E-state index in [1.165, 1.54) is 19.1 Å². The third-order valence-corrected chi connectivity index (χ3v) is 7.36. The minimum absolute atomic E-state index is 0.0286. The number of aliphatic hydroxyl groups is 1. The van der Waals surface area contributed by atoms with Gasteiger partial charge in [0.1, 0.15) is 17.9 Å². The number of carbonyl (C=O) groups is 4. The molecular formula is C29H34N2O8. The molecule has 10 nitrogen and oxygen atoms in total. The van der Waals surface area contributed by atoms with Crippen molar-refractivity contribution in [1.29, 1.82) is 0 Å². The average Bonchev–Trinajstić information content (AvgIpc) is 2.89. The Labute approximate surface area is 226 Å². The third-order valence-electron chi connectivity index (χ3n) is 7.36. The van der Waals surface area contributed by atoms with E-state index in [2.05, 4.69) is 10.6 Å². The number of benzene rings is 2. The highest BCUT2D eigenvalue weighted by atomic mass is 16.6. The number of Topliss-reactive ketones (excluding diaryl/α,β-unsaturated/α-hetero) is 1. The van der Waals surface area contributed by atoms with E-state index in [-0.39, 0.29) is 24.2 Å². The smallest absolute Gasteiger partial charge is 0.312 e. The summed E-state index contributed by atoms with van der Waals surface area (Å²) in [6, 6.07) is 13.0. The van der Waals surface area contributed by atoms with Crippen LogP contribution in [0.4, 0.5) is 0 Å². The minimum atomic E-state index is -1.36. The van der Waals surface area contributed by atoms with Crippen molar-refractivity contribution in [1.82, 2.24) is 10.6 Å². The summed E-state index contributed by atoms with van der Waals surface area (Å²) in [6.45, 7) is 3.54. The molecule has 10 heteroatoms. The second kappa shape index (κ2) is 12.4. The van der Waals surface area contributed by atoms with Crippen LogP contribution < -0.4 is 10.6 Å². The molecule has 2 amide bonds. The number of amides is 2. The van der Waals surface area contributed by atoms with E-state index in [9.17, 15) is 29.4 Å². The maximum absolute atomic E-state index is 13.7. The first-order chi connectivity index (χ1) is 18.7. The Morgan fingerprint density at radius 2 is 1.72 bits per heavy atom. The van der Waals surface area contributed by atoms with Gasteiger partial charge in [0, 0.05) is 19.4 Å². The number of ketones is 1. The summed E-state index contributed by atoms with van der Waals surface area (Å²) in [6.07, 6.45) is -2.61. The van der Waals surface area contributed by atoms with E-state index in [1.807, 2.05) is 30.3 Å². The maximum atomic E-state index is 13.7. The third kappa shape index (κ3) is 6.63. The zero-order chi connectivity index (χ0) is 28.1. The summed E-state index contributed by atoms with van der Waals surface area (Å²) in [5.41, 5.74) is 0.785. The molecule has 2 aromatic carbocycles. The van der Waals surface area contributed by atoms with Gasteiger partial charge >= 0.3 is 5.97 Å². The number of hydrogen-bond donors (Lipinski definition) is 4. The molecule has 0 aliphatic carbocycles. The van der Waals surface area contributed by atoms with Gasteiger partial charge in [-0.2, -0.15) is 0 Å². The van der Waals surface area contributed by atoms with E-state index in [0.717, 1.165) is 5.56 Å². The fourth-order valence-corrected chi connectivity index (χ4v) is 4.86. The highest BCUT2D eigenvalue weighted by molar-refractivity contribution is 6.00. The zero-order valence-electron chi connectivity index (χ0n) is 21.9. The van der Waals surface area contributed by atoms with E-state index in [0.29, 0.717) is 13.0 Å². The average molecular weight is 539 g/mol. The summed E-state index contributed by atoms with van der Waals surface area (Å²) in [5, 5.41) is 26.8. The van der Waals surface area contributed by atoms with Crippen molar-refractivity contribution < 1.29 is 38.9 Å². The Bertz CT molecular complexity index is 1200. The Kier molecular flexibility index (Phi) is 8.98. The quantitative estimate of drug-likeness (QED) is 0.419. The van der Waals surface area contributed by atoms with Crippen molar-refractivity contribution in [2.45, 2.75) is 63.5 Å². The van der Waals surface area contributed by atoms with E-state index in [1.54, 1.807) is 19.1 Å². The van der Waals surface area contributed by atoms with Gasteiger partial charge in [-0.3, -0.25) is 19.2 Å². The lowest BCUT2D eigenvalue weighted by molar-refractivity contribution is -0.183. The summed E-state index contributed by atoms with van der Waals surface area (Å²) < 4.78 is 11.0. The van der Waals surface area contributed by atoms with Crippen LogP contribution in [0.5, 0.6) is 5.75 Å². The fraction of sp³-hybridized carbons (Fsp3) is 0.448. The number of rotatable bonds is 5. The highest BCUT2D eigenvalue weighted by Crippen LogP contribution is 2.26. The van der Waals surface area contributed by atoms with Crippen molar-refractivity contribution >= 4 is 23.6 Å². The number of aromatic hydroxyl groups is 1. The van der Waals surface area contributed by atoms with Gasteiger partial charge in [-0.25, -0.2) is 0 Å². The number of phenols is 1. The highest BCUT2D eigenvalue weighted by Gasteiger charge is 2.43. The van der Waals surface area contributed by atoms with Gasteiger partial charge in [-0.15, -0.1) is 0 Å². The largest absolute Gasteiger partial charge is 0.507 e. The fourth-order valence-electron chi connectivity index (χ4n) is 4.86. The van der Waals surface area contributed by atoms with Crippen LogP contribution in [-0.4, -0.2) is 70.8 Å². The monoisotopic (exact) mass is 538 g/mol. The standard InChI is InChI=1S/C29H34N2O8/c1-16-14-22(33)26(23-12-13-38-23)39-29(37)17(2)25(34)20(15-18-8-4-3-5-9-18)30-28(36)24(16)31-27(35)19-10-6-7-11-21(19)32/h3-11,16-17,20,23-26,32,34H,12-15H2,1-2H3,(H,30,36)(H,31,35)/t16-,17+,20-,23?,24-,25-,26?/m0/s1. The van der Waals surface area contributed by atoms with Crippen LogP contribution in [-0.2, 0) is 30.3 Å². The number of aliphatic hydroxyl groups excluding tert-OH is 1. The first kappa shape index (κ1) is 28.3. The predicted octanol–water partition coefficient (Wildman–Crippen LogP) is 1.52. The number of para-hydroxylation sites is 1. The molecule has 7 atom stereocenters. The van der Waals surface area contributed by atoms with Gasteiger partial charge in [-0.1, -0.05) is 49.4 Å². The van der Waals surface area contributed by atoms with E-state index in [4.69, 9.17) is 9.47 Å². The first-order valence-electron chi connectivity index (χ1n) is 13.1. The van der Waals surface area contributed by atoms with Gasteiger partial charge in [0.15, 0.2) is 11.9 Å². The predicted molar refractivity (Wildman–Crippen MR) is 140 cm³/mol. The van der Waals surface area contributed by atoms with E-state index < -0.39 is 65.8 Å². The van der Waals surface area contributed by atoms with Gasteiger partial charge in [0.25, 0.3) is 5.91 Å². The minimum Gasteiger partial charge on any atom is -0.507 e. The topological polar surface area (TPSA) is 151 Å². The molecule has 0 aromatic heterocycles. The molecule has 2 aliphatic rings. The summed E-state index contributed by atoms with van der Waals surface area (Å²) >= 11 is 0. The van der Waals surface area contributed by atoms with Crippen LogP contribution in [0.2, 0.25) is 0 Å². The molecule has 2 unspecified atom stereocenters. The molecule has 2 aromatic rings. The molecule has 208 valence electrons. The number of hydrogen-bond acceptors (Lipinski definition) is 8. The molecule has 2 heterocycles. The van der Waals surface area contributed by atoms with Crippen LogP contribution in [0.1, 0.15) is 42.6 Å². The number of ether oxygens (including phenoxy) is 2. The summed E-state index contributed by atoms with van der Waals surface area (Å²) in [4.78, 5) is 53.0. The van der Waals surface area contributed by atoms with Gasteiger partial charge in [0.2, 0.25) is 5.91 Å². The van der Waals surface area contributed by atoms with Crippen molar-refractivity contribution in [3.8, 4) is 5.75 Å². The molecule has 0 saturated carbocycles. The van der Waals surface area contributed by atoms with Gasteiger partial charge in [0.05, 0.1) is 23.6 Å². The number of phenolic OH excluding ortho intramolecular Hbond substituents is 1. The van der Waals surface area contributed by atoms with Crippen LogP contribution >= 0.6 is 0 Å². The van der Waals surface area contributed by atoms with Crippen molar-refractivity contribution in [2.75, 3.05) is 6.61 Å². The Balaban J connectivity index is 1.67. The molecule has 2 saturated heterocycles. The molecule has 0 radical (unpaired) electrons. The second-order valence-corrected chi connectivity index (χ2v) is 10.3. The number of nitrogens with one attached hydrogen (secondary N) is 2. The van der Waals surface area contributed by atoms with Crippen LogP contribution in [0.15, 0.2) is 54.6 Å². The number of esters is 1. The lowest BCUT2D eigenvalue weighted by Crippen LogP contribution is -2.58. The molecule has 0 bridgehead atoms. The first-order valence-corrected chi connectivity index (χ1v) is 13.1. The van der Waals surface area contributed by atoms with Crippen molar-refractivity contribution in [3.05, 3.63) is 65.7 Å². The zero-order valence-corrected chi connectivity index (χ0v) is 21.9. The van der Waals surface area contributed by atoms with Crippen LogP contribution in [0, 0.1) is 11.8 Å². The molecule has 2 fully saturated rings. The van der Waals surface area contributed by atoms with Crippen molar-refractivity contribution in [2.24, 2.45) is 11.8 Å². The molecule has 0 spiro atoms. The maximum Gasteiger partial charge on any atom is 0.312 e. The SMILES string of the molecule is C[C@H]1CC(=O)C(C2CCO2)OC(=O)[C@H](C)[C@H](O)[C@H](Cc2ccccc2)NC(=O)[C@H]1NC(=O)c1ccccc1O. The van der Waals surface area contributed by atoms with E-state index >= 15 is 0 Å². The summed E-state index contributed by atoms with van der Waals surface area (Å²) in [7, 11) is 0. The molecule has 2 aliphatic heterocycles.